The van der Waals surface area contributed by atoms with E-state index in [0.717, 1.165) is 25.3 Å². The third-order valence-electron chi connectivity index (χ3n) is 3.24. The van der Waals surface area contributed by atoms with Crippen molar-refractivity contribution in [2.75, 3.05) is 13.2 Å². The Labute approximate surface area is 118 Å². The molecule has 19 heavy (non-hydrogen) atoms. The second-order valence-electron chi connectivity index (χ2n) is 5.07. The molecule has 108 valence electrons. The molecule has 0 aliphatic heterocycles. The van der Waals surface area contributed by atoms with Crippen molar-refractivity contribution in [3.8, 4) is 5.75 Å². The topological polar surface area (TPSA) is 21.3 Å². The van der Waals surface area contributed by atoms with E-state index in [1.807, 2.05) is 0 Å². The molecule has 0 radical (unpaired) electrons. The molecule has 1 N–H and O–H groups in total. The summed E-state index contributed by atoms with van der Waals surface area (Å²) in [6.07, 6.45) is 5.97. The maximum atomic E-state index is 5.63. The maximum absolute atomic E-state index is 5.63. The average molecular weight is 263 g/mol. The number of hydrogen-bond donors (Lipinski definition) is 1. The standard InChI is InChI=1S/C17H29NO/c1-4-7-8-17(18-13-5-2)15-9-11-16(12-10-15)19-14-6-3/h9-12,17-18H,4-8,13-14H2,1-3H3. The van der Waals surface area contributed by atoms with E-state index in [-0.39, 0.29) is 0 Å². The van der Waals surface area contributed by atoms with Crippen molar-refractivity contribution in [1.29, 1.82) is 0 Å². The number of rotatable bonds is 10. The second-order valence-corrected chi connectivity index (χ2v) is 5.07. The molecule has 0 spiro atoms. The van der Waals surface area contributed by atoms with Gasteiger partial charge >= 0.3 is 0 Å². The van der Waals surface area contributed by atoms with E-state index in [4.69, 9.17) is 4.74 Å². The molecule has 0 amide bonds. The predicted octanol–water partition coefficient (Wildman–Crippen LogP) is 4.71. The lowest BCUT2D eigenvalue weighted by Crippen LogP contribution is -2.22. The molecule has 1 aromatic carbocycles. The first-order valence-corrected chi connectivity index (χ1v) is 7.77. The normalized spacial score (nSPS) is 12.4. The Morgan fingerprint density at radius 3 is 2.32 bits per heavy atom. The van der Waals surface area contributed by atoms with E-state index in [2.05, 4.69) is 50.4 Å². The predicted molar refractivity (Wildman–Crippen MR) is 82.8 cm³/mol. The zero-order chi connectivity index (χ0) is 13.9. The van der Waals surface area contributed by atoms with Gasteiger partial charge in [0.15, 0.2) is 0 Å². The maximum Gasteiger partial charge on any atom is 0.119 e. The quantitative estimate of drug-likeness (QED) is 0.660. The third-order valence-corrected chi connectivity index (χ3v) is 3.24. The molecule has 0 aliphatic rings. The summed E-state index contributed by atoms with van der Waals surface area (Å²) in [6, 6.07) is 9.08. The fourth-order valence-corrected chi connectivity index (χ4v) is 2.13. The molecule has 0 aromatic heterocycles. The highest BCUT2D eigenvalue weighted by atomic mass is 16.5. The highest BCUT2D eigenvalue weighted by molar-refractivity contribution is 5.29. The van der Waals surface area contributed by atoms with E-state index in [9.17, 15) is 0 Å². The van der Waals surface area contributed by atoms with Crippen LogP contribution in [0.25, 0.3) is 0 Å². The molecule has 0 fully saturated rings. The van der Waals surface area contributed by atoms with Crippen LogP contribution in [0.2, 0.25) is 0 Å². The fourth-order valence-electron chi connectivity index (χ4n) is 2.13. The van der Waals surface area contributed by atoms with Crippen LogP contribution in [0.1, 0.15) is 64.5 Å². The molecule has 1 aromatic rings. The molecular weight excluding hydrogens is 234 g/mol. The largest absolute Gasteiger partial charge is 0.494 e. The van der Waals surface area contributed by atoms with E-state index >= 15 is 0 Å². The van der Waals surface area contributed by atoms with Gasteiger partial charge in [0.1, 0.15) is 5.75 Å². The van der Waals surface area contributed by atoms with Gasteiger partial charge in [-0.3, -0.25) is 0 Å². The molecule has 2 nitrogen and oxygen atoms in total. The van der Waals surface area contributed by atoms with Crippen molar-refractivity contribution in [3.63, 3.8) is 0 Å². The third kappa shape index (κ3) is 6.11. The van der Waals surface area contributed by atoms with Crippen LogP contribution in [0.15, 0.2) is 24.3 Å². The lowest BCUT2D eigenvalue weighted by Gasteiger charge is -2.19. The molecule has 1 rings (SSSR count). The van der Waals surface area contributed by atoms with Crippen molar-refractivity contribution in [3.05, 3.63) is 29.8 Å². The van der Waals surface area contributed by atoms with Gasteiger partial charge < -0.3 is 10.1 Å². The Hall–Kier alpha value is -1.02. The number of hydrogen-bond acceptors (Lipinski definition) is 2. The van der Waals surface area contributed by atoms with Gasteiger partial charge in [-0.05, 0) is 43.5 Å². The van der Waals surface area contributed by atoms with Gasteiger partial charge in [-0.15, -0.1) is 0 Å². The molecule has 0 heterocycles. The van der Waals surface area contributed by atoms with Gasteiger partial charge in [-0.2, -0.15) is 0 Å². The second kappa shape index (κ2) is 9.85. The Balaban J connectivity index is 2.61. The van der Waals surface area contributed by atoms with Crippen LogP contribution in [0.4, 0.5) is 0 Å². The summed E-state index contributed by atoms with van der Waals surface area (Å²) in [6.45, 7) is 8.48. The van der Waals surface area contributed by atoms with E-state index in [1.165, 1.54) is 31.2 Å². The van der Waals surface area contributed by atoms with Crippen molar-refractivity contribution >= 4 is 0 Å². The van der Waals surface area contributed by atoms with Crippen molar-refractivity contribution in [2.24, 2.45) is 0 Å². The van der Waals surface area contributed by atoms with Crippen molar-refractivity contribution < 1.29 is 4.74 Å². The molecule has 0 aliphatic carbocycles. The first-order chi connectivity index (χ1) is 9.31. The highest BCUT2D eigenvalue weighted by Gasteiger charge is 2.09. The lowest BCUT2D eigenvalue weighted by molar-refractivity contribution is 0.317. The molecule has 0 saturated heterocycles. The number of benzene rings is 1. The van der Waals surface area contributed by atoms with Gasteiger partial charge in [0, 0.05) is 6.04 Å². The summed E-state index contributed by atoms with van der Waals surface area (Å²) in [4.78, 5) is 0. The SMILES string of the molecule is CCCCC(NCCC)c1ccc(OCCC)cc1. The minimum Gasteiger partial charge on any atom is -0.494 e. The van der Waals surface area contributed by atoms with Crippen LogP contribution < -0.4 is 10.1 Å². The summed E-state index contributed by atoms with van der Waals surface area (Å²) >= 11 is 0. The van der Waals surface area contributed by atoms with Crippen LogP contribution in [0.3, 0.4) is 0 Å². The minimum atomic E-state index is 0.486. The number of nitrogens with one attached hydrogen (secondary N) is 1. The Morgan fingerprint density at radius 2 is 1.74 bits per heavy atom. The number of unbranched alkanes of at least 4 members (excludes halogenated alkanes) is 1. The van der Waals surface area contributed by atoms with Crippen LogP contribution in [-0.2, 0) is 0 Å². The summed E-state index contributed by atoms with van der Waals surface area (Å²) in [5, 5.41) is 3.64. The van der Waals surface area contributed by atoms with Crippen LogP contribution in [-0.4, -0.2) is 13.2 Å². The van der Waals surface area contributed by atoms with Gasteiger partial charge in [0.25, 0.3) is 0 Å². The van der Waals surface area contributed by atoms with E-state index in [0.29, 0.717) is 6.04 Å². The van der Waals surface area contributed by atoms with Gasteiger partial charge in [0.2, 0.25) is 0 Å². The minimum absolute atomic E-state index is 0.486. The molecule has 0 saturated carbocycles. The van der Waals surface area contributed by atoms with Gasteiger partial charge in [0.05, 0.1) is 6.61 Å². The van der Waals surface area contributed by atoms with Gasteiger partial charge in [-0.1, -0.05) is 45.7 Å². The molecule has 2 heteroatoms. The van der Waals surface area contributed by atoms with Crippen LogP contribution >= 0.6 is 0 Å². The van der Waals surface area contributed by atoms with Crippen molar-refractivity contribution in [2.45, 2.75) is 58.9 Å². The zero-order valence-corrected chi connectivity index (χ0v) is 12.7. The molecule has 1 atom stereocenters. The average Bonchev–Trinajstić information content (AvgIpc) is 2.46. The smallest absolute Gasteiger partial charge is 0.119 e. The molecule has 0 bridgehead atoms. The highest BCUT2D eigenvalue weighted by Crippen LogP contribution is 2.22. The van der Waals surface area contributed by atoms with Crippen molar-refractivity contribution in [1.82, 2.24) is 5.32 Å². The van der Waals surface area contributed by atoms with Gasteiger partial charge in [-0.25, -0.2) is 0 Å². The first kappa shape index (κ1) is 16.0. The first-order valence-electron chi connectivity index (χ1n) is 7.77. The Bertz CT molecular complexity index is 313. The zero-order valence-electron chi connectivity index (χ0n) is 12.7. The van der Waals surface area contributed by atoms with Crippen LogP contribution in [0.5, 0.6) is 5.75 Å². The Morgan fingerprint density at radius 1 is 1.00 bits per heavy atom. The fraction of sp³-hybridized carbons (Fsp3) is 0.647. The van der Waals surface area contributed by atoms with Crippen LogP contribution in [0, 0.1) is 0 Å². The van der Waals surface area contributed by atoms with E-state index in [1.54, 1.807) is 0 Å². The molecule has 1 unspecified atom stereocenters. The number of ether oxygens (including phenoxy) is 1. The Kier molecular flexibility index (Phi) is 8.31. The summed E-state index contributed by atoms with van der Waals surface area (Å²) in [7, 11) is 0. The monoisotopic (exact) mass is 263 g/mol. The summed E-state index contributed by atoms with van der Waals surface area (Å²) in [5.74, 6) is 0.982. The summed E-state index contributed by atoms with van der Waals surface area (Å²) < 4.78 is 5.63. The summed E-state index contributed by atoms with van der Waals surface area (Å²) in [5.41, 5.74) is 1.38. The van der Waals surface area contributed by atoms with E-state index < -0.39 is 0 Å². The molecular formula is C17H29NO. The lowest BCUT2D eigenvalue weighted by atomic mass is 10.0.